The molecule has 3 atom stereocenters. The van der Waals surface area contributed by atoms with Crippen LogP contribution in [0, 0.1) is 11.7 Å². The van der Waals surface area contributed by atoms with Gasteiger partial charge >= 0.3 is 12.0 Å². The molecule has 0 bridgehead atoms. The van der Waals surface area contributed by atoms with E-state index in [0.717, 1.165) is 37.7 Å². The molecular formula is C29H35BrFN3O5. The van der Waals surface area contributed by atoms with Crippen molar-refractivity contribution in [3.8, 4) is 5.75 Å². The van der Waals surface area contributed by atoms with Gasteiger partial charge in [-0.3, -0.25) is 9.59 Å². The van der Waals surface area contributed by atoms with Crippen molar-refractivity contribution in [3.63, 3.8) is 0 Å². The first-order valence-corrected chi connectivity index (χ1v) is 14.2. The average Bonchev–Trinajstić information content (AvgIpc) is 3.34. The number of amides is 3. The molecular weight excluding hydrogens is 569 g/mol. The van der Waals surface area contributed by atoms with Crippen LogP contribution in [-0.2, 0) is 20.9 Å². The highest BCUT2D eigenvalue weighted by Crippen LogP contribution is 2.44. The molecule has 0 spiro atoms. The Morgan fingerprint density at radius 3 is 2.44 bits per heavy atom. The standard InChI is InChI=1S/C29H35BrFN3O5/c1-3-39-28(36)22-16-24(27(35)32-17-18-9-12-20(31)13-10-18)34(29(37)33-21-7-5-4-6-8-21)26(22)19-11-14-25(38-2)23(30)15-19/h9-15,21-22,24,26H,3-8,16-17H2,1-2H3,(H,32,35)(H,33,37). The van der Waals surface area contributed by atoms with Crippen LogP contribution in [0.15, 0.2) is 46.9 Å². The molecule has 10 heteroatoms. The van der Waals surface area contributed by atoms with E-state index in [9.17, 15) is 18.8 Å². The fourth-order valence-electron chi connectivity index (χ4n) is 5.51. The van der Waals surface area contributed by atoms with Crippen LogP contribution in [0.1, 0.15) is 62.6 Å². The molecule has 0 aromatic heterocycles. The number of hydrogen-bond acceptors (Lipinski definition) is 5. The number of rotatable bonds is 8. The summed E-state index contributed by atoms with van der Waals surface area (Å²) in [5.41, 5.74) is 1.41. The van der Waals surface area contributed by atoms with Gasteiger partial charge in [-0.05, 0) is 77.5 Å². The number of likely N-dealkylation sites (tertiary alicyclic amines) is 1. The Hall–Kier alpha value is -3.14. The SMILES string of the molecule is CCOC(=O)C1CC(C(=O)NCc2ccc(F)cc2)N(C(=O)NC2CCCCC2)C1c1ccc(OC)c(Br)c1. The molecule has 1 saturated carbocycles. The first-order chi connectivity index (χ1) is 18.8. The Bertz CT molecular complexity index is 1170. The molecule has 1 aliphatic heterocycles. The summed E-state index contributed by atoms with van der Waals surface area (Å²) in [7, 11) is 1.56. The lowest BCUT2D eigenvalue weighted by molar-refractivity contribution is -0.148. The summed E-state index contributed by atoms with van der Waals surface area (Å²) in [6.45, 7) is 2.08. The molecule has 39 heavy (non-hydrogen) atoms. The molecule has 8 nitrogen and oxygen atoms in total. The number of esters is 1. The Morgan fingerprint density at radius 1 is 1.08 bits per heavy atom. The van der Waals surface area contributed by atoms with E-state index in [2.05, 4.69) is 26.6 Å². The van der Waals surface area contributed by atoms with Crippen molar-refractivity contribution in [2.45, 2.75) is 70.1 Å². The molecule has 2 aromatic rings. The molecule has 2 aliphatic rings. The van der Waals surface area contributed by atoms with Crippen molar-refractivity contribution in [2.24, 2.45) is 5.92 Å². The van der Waals surface area contributed by atoms with Gasteiger partial charge in [0.05, 0.1) is 30.1 Å². The van der Waals surface area contributed by atoms with E-state index in [1.54, 1.807) is 38.3 Å². The first-order valence-electron chi connectivity index (χ1n) is 13.4. The van der Waals surface area contributed by atoms with Crippen molar-refractivity contribution in [2.75, 3.05) is 13.7 Å². The third-order valence-electron chi connectivity index (χ3n) is 7.45. The van der Waals surface area contributed by atoms with Crippen molar-refractivity contribution in [1.29, 1.82) is 0 Å². The molecule has 2 aromatic carbocycles. The smallest absolute Gasteiger partial charge is 0.318 e. The summed E-state index contributed by atoms with van der Waals surface area (Å²) in [6.07, 6.45) is 5.07. The second-order valence-electron chi connectivity index (χ2n) is 9.98. The molecule has 4 rings (SSSR count). The molecule has 2 fully saturated rings. The number of carbonyl (C=O) groups excluding carboxylic acids is 3. The van der Waals surface area contributed by atoms with E-state index >= 15 is 0 Å². The van der Waals surface area contributed by atoms with Gasteiger partial charge in [-0.1, -0.05) is 37.5 Å². The number of carbonyl (C=O) groups is 3. The lowest BCUT2D eigenvalue weighted by Gasteiger charge is -2.34. The second kappa shape index (κ2) is 13.3. The number of hydrogen-bond donors (Lipinski definition) is 2. The molecule has 1 aliphatic carbocycles. The van der Waals surface area contributed by atoms with Crippen LogP contribution in [0.3, 0.4) is 0 Å². The van der Waals surface area contributed by atoms with Gasteiger partial charge in [0.15, 0.2) is 0 Å². The maximum absolute atomic E-state index is 13.9. The summed E-state index contributed by atoms with van der Waals surface area (Å²) in [4.78, 5) is 42.1. The summed E-state index contributed by atoms with van der Waals surface area (Å²) < 4.78 is 24.8. The summed E-state index contributed by atoms with van der Waals surface area (Å²) in [5.74, 6) is -1.35. The molecule has 3 unspecified atom stereocenters. The number of benzene rings is 2. The number of ether oxygens (including phenoxy) is 2. The van der Waals surface area contributed by atoms with E-state index in [4.69, 9.17) is 9.47 Å². The highest BCUT2D eigenvalue weighted by molar-refractivity contribution is 9.10. The quantitative estimate of drug-likeness (QED) is 0.402. The minimum Gasteiger partial charge on any atom is -0.496 e. The zero-order chi connectivity index (χ0) is 27.9. The van der Waals surface area contributed by atoms with Gasteiger partial charge in [0.1, 0.15) is 17.6 Å². The molecule has 210 valence electrons. The predicted octanol–water partition coefficient (Wildman–Crippen LogP) is 5.25. The predicted molar refractivity (Wildman–Crippen MR) is 147 cm³/mol. The Balaban J connectivity index is 1.67. The van der Waals surface area contributed by atoms with E-state index < -0.39 is 24.0 Å². The van der Waals surface area contributed by atoms with E-state index in [1.807, 2.05) is 6.07 Å². The highest BCUT2D eigenvalue weighted by atomic mass is 79.9. The van der Waals surface area contributed by atoms with Crippen LogP contribution >= 0.6 is 15.9 Å². The molecule has 3 amide bonds. The fourth-order valence-corrected chi connectivity index (χ4v) is 6.07. The lowest BCUT2D eigenvalue weighted by atomic mass is 9.93. The van der Waals surface area contributed by atoms with Crippen LogP contribution < -0.4 is 15.4 Å². The number of halogens is 2. The number of nitrogens with one attached hydrogen (secondary N) is 2. The summed E-state index contributed by atoms with van der Waals surface area (Å²) >= 11 is 3.51. The van der Waals surface area contributed by atoms with Gasteiger partial charge in [-0.2, -0.15) is 0 Å². The van der Waals surface area contributed by atoms with E-state index in [0.29, 0.717) is 15.8 Å². The van der Waals surface area contributed by atoms with Gasteiger partial charge in [-0.25, -0.2) is 9.18 Å². The van der Waals surface area contributed by atoms with Gasteiger partial charge in [0.2, 0.25) is 5.91 Å². The molecule has 2 N–H and O–H groups in total. The van der Waals surface area contributed by atoms with Crippen molar-refractivity contribution in [3.05, 3.63) is 63.9 Å². The highest BCUT2D eigenvalue weighted by Gasteiger charge is 2.51. The zero-order valence-electron chi connectivity index (χ0n) is 22.3. The zero-order valence-corrected chi connectivity index (χ0v) is 23.8. The summed E-state index contributed by atoms with van der Waals surface area (Å²) in [5, 5.41) is 6.01. The van der Waals surface area contributed by atoms with Crippen molar-refractivity contribution in [1.82, 2.24) is 15.5 Å². The van der Waals surface area contributed by atoms with Crippen molar-refractivity contribution < 1.29 is 28.2 Å². The third-order valence-corrected chi connectivity index (χ3v) is 8.07. The van der Waals surface area contributed by atoms with E-state index in [-0.39, 0.29) is 43.4 Å². The lowest BCUT2D eigenvalue weighted by Crippen LogP contribution is -2.52. The van der Waals surface area contributed by atoms with Crippen LogP contribution in [-0.4, -0.2) is 48.6 Å². The van der Waals surface area contributed by atoms with E-state index in [1.165, 1.54) is 17.0 Å². The largest absolute Gasteiger partial charge is 0.496 e. The Labute approximate surface area is 236 Å². The minimum atomic E-state index is -0.908. The van der Waals surface area contributed by atoms with Gasteiger partial charge in [0, 0.05) is 12.6 Å². The second-order valence-corrected chi connectivity index (χ2v) is 10.8. The summed E-state index contributed by atoms with van der Waals surface area (Å²) in [6, 6.07) is 9.23. The molecule has 1 heterocycles. The normalized spacial score (nSPS) is 21.3. The molecule has 1 saturated heterocycles. The molecule has 0 radical (unpaired) electrons. The minimum absolute atomic E-state index is 0.0130. The van der Waals surface area contributed by atoms with Crippen LogP contribution in [0.5, 0.6) is 5.75 Å². The third kappa shape index (κ3) is 6.90. The van der Waals surface area contributed by atoms with Crippen LogP contribution in [0.25, 0.3) is 0 Å². The first kappa shape index (κ1) is 28.9. The number of nitrogens with zero attached hydrogens (tertiary/aromatic N) is 1. The van der Waals surface area contributed by atoms with Gasteiger partial charge in [-0.15, -0.1) is 0 Å². The van der Waals surface area contributed by atoms with Crippen molar-refractivity contribution >= 4 is 33.8 Å². The number of methoxy groups -OCH3 is 1. The monoisotopic (exact) mass is 603 g/mol. The Morgan fingerprint density at radius 2 is 1.79 bits per heavy atom. The maximum atomic E-state index is 13.9. The van der Waals surface area contributed by atoms with Crippen LogP contribution in [0.2, 0.25) is 0 Å². The topological polar surface area (TPSA) is 97.0 Å². The fraction of sp³-hybridized carbons (Fsp3) is 0.483. The number of urea groups is 1. The Kier molecular flexibility index (Phi) is 9.83. The van der Waals surface area contributed by atoms with Crippen LogP contribution in [0.4, 0.5) is 9.18 Å². The average molecular weight is 605 g/mol. The van der Waals surface area contributed by atoms with Gasteiger partial charge in [0.25, 0.3) is 0 Å². The van der Waals surface area contributed by atoms with Gasteiger partial charge < -0.3 is 25.0 Å². The maximum Gasteiger partial charge on any atom is 0.318 e.